The third kappa shape index (κ3) is 5.39. The fraction of sp³-hybridized carbons (Fsp3) is 0.421. The molecule has 2 aliphatic heterocycles. The zero-order valence-corrected chi connectivity index (χ0v) is 17.9. The van der Waals surface area contributed by atoms with Gasteiger partial charge in [-0.15, -0.1) is 0 Å². The number of carbonyl (C=O) groups excluding carboxylic acids is 3. The quantitative estimate of drug-likeness (QED) is 0.626. The zero-order chi connectivity index (χ0) is 22.8. The number of nitrogens with one attached hydrogen (secondary N) is 2. The summed E-state index contributed by atoms with van der Waals surface area (Å²) in [5.41, 5.74) is 1.33. The number of sulfonamides is 1. The summed E-state index contributed by atoms with van der Waals surface area (Å²) in [4.78, 5) is 38.5. The van der Waals surface area contributed by atoms with Crippen molar-refractivity contribution in [2.75, 3.05) is 44.4 Å². The number of likely N-dealkylation sites (N-methyl/N-ethyl adjacent to an activating group) is 1. The number of anilines is 1. The Bertz CT molecular complexity index is 1040. The Balaban J connectivity index is 1.67. The Morgan fingerprint density at radius 2 is 2.06 bits per heavy atom. The molecular weight excluding hydrogens is 431 g/mol. The number of nitrogens with zero attached hydrogens (tertiary/aromatic N) is 2. The molecule has 12 heteroatoms. The molecule has 10 nitrogen and oxygen atoms in total. The van der Waals surface area contributed by atoms with E-state index in [4.69, 9.17) is 4.74 Å². The lowest BCUT2D eigenvalue weighted by Crippen LogP contribution is -2.41. The second kappa shape index (κ2) is 9.02. The Morgan fingerprint density at radius 1 is 1.32 bits per heavy atom. The average Bonchev–Trinajstić information content (AvgIpc) is 3.12. The molecule has 2 heterocycles. The first-order valence-electron chi connectivity index (χ1n) is 9.50. The standard InChI is InChI=1S/C19H23FN4O6S/c1-21-18(26)16-11-24(19(27)30-16)13-3-4-14(15(20)9-13)12-5-7-23(8-6-12)17(25)10-22-31(2,28)29/h3-5,9,16,22H,6-8,10-11H2,1-2H3,(H,21,26)/t16-/m1/s1. The molecule has 168 valence electrons. The van der Waals surface area contributed by atoms with Gasteiger partial charge in [0.15, 0.2) is 6.10 Å². The maximum atomic E-state index is 14.8. The van der Waals surface area contributed by atoms with Crippen molar-refractivity contribution in [1.82, 2.24) is 14.9 Å². The summed E-state index contributed by atoms with van der Waals surface area (Å²) in [6.45, 7) is 0.212. The molecule has 1 fully saturated rings. The number of amides is 3. The lowest BCUT2D eigenvalue weighted by molar-refractivity contribution is -0.129. The molecule has 0 spiro atoms. The van der Waals surface area contributed by atoms with E-state index in [0.717, 1.165) is 6.26 Å². The van der Waals surface area contributed by atoms with Crippen LogP contribution in [-0.4, -0.2) is 76.8 Å². The summed E-state index contributed by atoms with van der Waals surface area (Å²) in [6.07, 6.45) is 1.40. The molecule has 0 aliphatic carbocycles. The number of benzene rings is 1. The molecule has 3 rings (SSSR count). The molecule has 0 unspecified atom stereocenters. The highest BCUT2D eigenvalue weighted by Gasteiger charge is 2.36. The van der Waals surface area contributed by atoms with Crippen molar-refractivity contribution in [3.05, 3.63) is 35.7 Å². The van der Waals surface area contributed by atoms with Crippen LogP contribution in [0.2, 0.25) is 0 Å². The Labute approximate surface area is 179 Å². The van der Waals surface area contributed by atoms with Crippen LogP contribution in [0.1, 0.15) is 12.0 Å². The van der Waals surface area contributed by atoms with Crippen LogP contribution in [0.4, 0.5) is 14.9 Å². The highest BCUT2D eigenvalue weighted by molar-refractivity contribution is 7.88. The number of carbonyl (C=O) groups is 3. The minimum Gasteiger partial charge on any atom is -0.434 e. The van der Waals surface area contributed by atoms with Gasteiger partial charge in [-0.05, 0) is 30.2 Å². The third-order valence-electron chi connectivity index (χ3n) is 5.01. The maximum absolute atomic E-state index is 14.8. The van der Waals surface area contributed by atoms with Gasteiger partial charge in [0.25, 0.3) is 5.91 Å². The van der Waals surface area contributed by atoms with Gasteiger partial charge >= 0.3 is 6.09 Å². The number of cyclic esters (lactones) is 1. The molecule has 0 saturated carbocycles. The van der Waals surface area contributed by atoms with E-state index < -0.39 is 33.9 Å². The number of ether oxygens (including phenoxy) is 1. The van der Waals surface area contributed by atoms with Crippen LogP contribution in [0, 0.1) is 5.82 Å². The van der Waals surface area contributed by atoms with E-state index in [9.17, 15) is 27.2 Å². The van der Waals surface area contributed by atoms with E-state index in [-0.39, 0.29) is 31.2 Å². The van der Waals surface area contributed by atoms with E-state index in [1.165, 1.54) is 22.9 Å². The fourth-order valence-corrected chi connectivity index (χ4v) is 3.73. The van der Waals surface area contributed by atoms with Gasteiger partial charge in [-0.2, -0.15) is 0 Å². The van der Waals surface area contributed by atoms with Gasteiger partial charge in [-0.1, -0.05) is 6.08 Å². The molecule has 0 aromatic heterocycles. The molecular formula is C19H23FN4O6S. The number of hydrogen-bond donors (Lipinski definition) is 2. The van der Waals surface area contributed by atoms with Crippen LogP contribution >= 0.6 is 0 Å². The van der Waals surface area contributed by atoms with Crippen molar-refractivity contribution in [1.29, 1.82) is 0 Å². The molecule has 0 bridgehead atoms. The molecule has 1 atom stereocenters. The smallest absolute Gasteiger partial charge is 0.415 e. The van der Waals surface area contributed by atoms with Crippen molar-refractivity contribution in [3.8, 4) is 0 Å². The maximum Gasteiger partial charge on any atom is 0.415 e. The first-order chi connectivity index (χ1) is 14.6. The summed E-state index contributed by atoms with van der Waals surface area (Å²) in [6, 6.07) is 4.32. The second-order valence-electron chi connectivity index (χ2n) is 7.17. The van der Waals surface area contributed by atoms with Crippen molar-refractivity contribution < 1.29 is 31.9 Å². The number of hydrogen-bond acceptors (Lipinski definition) is 6. The topological polar surface area (TPSA) is 125 Å². The van der Waals surface area contributed by atoms with E-state index >= 15 is 0 Å². The molecule has 2 aliphatic rings. The van der Waals surface area contributed by atoms with Crippen LogP contribution in [0.15, 0.2) is 24.3 Å². The molecule has 1 saturated heterocycles. The summed E-state index contributed by atoms with van der Waals surface area (Å²) in [7, 11) is -2.03. The summed E-state index contributed by atoms with van der Waals surface area (Å²) in [5.74, 6) is -1.35. The van der Waals surface area contributed by atoms with Crippen LogP contribution in [0.25, 0.3) is 5.57 Å². The molecule has 3 amide bonds. The highest BCUT2D eigenvalue weighted by Crippen LogP contribution is 2.29. The van der Waals surface area contributed by atoms with Gasteiger partial charge in [0, 0.05) is 25.7 Å². The van der Waals surface area contributed by atoms with Crippen LogP contribution in [-0.2, 0) is 24.3 Å². The van der Waals surface area contributed by atoms with E-state index in [2.05, 4.69) is 10.0 Å². The normalized spacial score (nSPS) is 19.1. The monoisotopic (exact) mass is 454 g/mol. The first kappa shape index (κ1) is 22.7. The van der Waals surface area contributed by atoms with E-state index in [0.29, 0.717) is 24.1 Å². The summed E-state index contributed by atoms with van der Waals surface area (Å²) >= 11 is 0. The van der Waals surface area contributed by atoms with Gasteiger partial charge in [-0.25, -0.2) is 22.3 Å². The molecule has 31 heavy (non-hydrogen) atoms. The minimum atomic E-state index is -3.46. The molecule has 1 aromatic carbocycles. The second-order valence-corrected chi connectivity index (χ2v) is 9.01. The van der Waals surface area contributed by atoms with E-state index in [1.807, 2.05) is 0 Å². The van der Waals surface area contributed by atoms with Crippen molar-refractivity contribution in [2.45, 2.75) is 12.5 Å². The van der Waals surface area contributed by atoms with Crippen LogP contribution in [0.3, 0.4) is 0 Å². The summed E-state index contributed by atoms with van der Waals surface area (Å²) in [5, 5.41) is 2.40. The van der Waals surface area contributed by atoms with Gasteiger partial charge in [0.05, 0.1) is 25.0 Å². The van der Waals surface area contributed by atoms with Gasteiger partial charge in [0.2, 0.25) is 15.9 Å². The predicted octanol–water partition coefficient (Wildman–Crippen LogP) is 0.0618. The van der Waals surface area contributed by atoms with Crippen LogP contribution in [0.5, 0.6) is 0 Å². The van der Waals surface area contributed by atoms with Crippen molar-refractivity contribution in [2.24, 2.45) is 0 Å². The SMILES string of the molecule is CNC(=O)[C@H]1CN(c2ccc(C3=CCN(C(=O)CNS(C)(=O)=O)CC3)c(F)c2)C(=O)O1. The Kier molecular flexibility index (Phi) is 6.60. The molecule has 1 aromatic rings. The van der Waals surface area contributed by atoms with Gasteiger partial charge in [-0.3, -0.25) is 14.5 Å². The summed E-state index contributed by atoms with van der Waals surface area (Å²) < 4.78 is 44.2. The molecule has 0 radical (unpaired) electrons. The van der Waals surface area contributed by atoms with Crippen LogP contribution < -0.4 is 14.9 Å². The van der Waals surface area contributed by atoms with Gasteiger partial charge in [0.1, 0.15) is 5.82 Å². The lowest BCUT2D eigenvalue weighted by atomic mass is 9.98. The van der Waals surface area contributed by atoms with Gasteiger partial charge < -0.3 is 15.0 Å². The number of halogens is 1. The highest BCUT2D eigenvalue weighted by atomic mass is 32.2. The largest absolute Gasteiger partial charge is 0.434 e. The molecule has 2 N–H and O–H groups in total. The fourth-order valence-electron chi connectivity index (χ4n) is 3.35. The Hall–Kier alpha value is -2.99. The minimum absolute atomic E-state index is 0.0153. The third-order valence-corrected chi connectivity index (χ3v) is 5.68. The number of rotatable bonds is 6. The Morgan fingerprint density at radius 3 is 2.65 bits per heavy atom. The zero-order valence-electron chi connectivity index (χ0n) is 17.1. The van der Waals surface area contributed by atoms with E-state index in [1.54, 1.807) is 18.2 Å². The lowest BCUT2D eigenvalue weighted by Gasteiger charge is -2.27. The average molecular weight is 454 g/mol. The van der Waals surface area contributed by atoms with Crippen molar-refractivity contribution in [3.63, 3.8) is 0 Å². The predicted molar refractivity (Wildman–Crippen MR) is 110 cm³/mol. The van der Waals surface area contributed by atoms with Crippen molar-refractivity contribution >= 4 is 39.2 Å². The first-order valence-corrected chi connectivity index (χ1v) is 11.4.